The molecule has 0 fully saturated rings. The van der Waals surface area contributed by atoms with E-state index in [0.29, 0.717) is 22.0 Å². The van der Waals surface area contributed by atoms with Gasteiger partial charge in [-0.3, -0.25) is 4.79 Å². The standard InChI is InChI=1S/C18H11ClFN3O/c19-12-3-5-15-16(8-12)23-18(22-15)13-4-1-10(7-14(13)20)11-2-6-17(24)21-9-11/h1-9H,(H,21,24)(H,22,23). The molecule has 118 valence electrons. The molecule has 0 saturated carbocycles. The average molecular weight is 340 g/mol. The summed E-state index contributed by atoms with van der Waals surface area (Å²) in [5.41, 5.74) is 3.05. The van der Waals surface area contributed by atoms with Crippen LogP contribution in [-0.4, -0.2) is 15.0 Å². The van der Waals surface area contributed by atoms with E-state index in [1.54, 1.807) is 42.6 Å². The largest absolute Gasteiger partial charge is 0.338 e. The maximum absolute atomic E-state index is 14.6. The van der Waals surface area contributed by atoms with E-state index in [1.165, 1.54) is 12.1 Å². The smallest absolute Gasteiger partial charge is 0.247 e. The van der Waals surface area contributed by atoms with E-state index in [4.69, 9.17) is 11.6 Å². The molecule has 4 nitrogen and oxygen atoms in total. The van der Waals surface area contributed by atoms with Gasteiger partial charge in [0, 0.05) is 17.3 Å². The Balaban J connectivity index is 1.78. The summed E-state index contributed by atoms with van der Waals surface area (Å²) in [6, 6.07) is 13.2. The molecule has 0 saturated heterocycles. The summed E-state index contributed by atoms with van der Waals surface area (Å²) in [6.45, 7) is 0. The third-order valence-electron chi connectivity index (χ3n) is 3.79. The maximum Gasteiger partial charge on any atom is 0.247 e. The van der Waals surface area contributed by atoms with E-state index in [-0.39, 0.29) is 5.56 Å². The molecular weight excluding hydrogens is 329 g/mol. The van der Waals surface area contributed by atoms with Gasteiger partial charge in [0.05, 0.1) is 16.6 Å². The highest BCUT2D eigenvalue weighted by molar-refractivity contribution is 6.31. The molecule has 2 N–H and O–H groups in total. The molecule has 24 heavy (non-hydrogen) atoms. The molecule has 0 amide bonds. The predicted molar refractivity (Wildman–Crippen MR) is 92.6 cm³/mol. The molecule has 2 heterocycles. The van der Waals surface area contributed by atoms with Crippen LogP contribution in [-0.2, 0) is 0 Å². The summed E-state index contributed by atoms with van der Waals surface area (Å²) in [5.74, 6) is 0.0432. The Bertz CT molecular complexity index is 1100. The lowest BCUT2D eigenvalue weighted by Crippen LogP contribution is -2.01. The number of nitrogens with one attached hydrogen (secondary N) is 2. The molecule has 0 atom stereocenters. The van der Waals surface area contributed by atoms with Gasteiger partial charge in [0.25, 0.3) is 0 Å². The summed E-state index contributed by atoms with van der Waals surface area (Å²) in [7, 11) is 0. The number of aromatic amines is 2. The maximum atomic E-state index is 14.6. The van der Waals surface area contributed by atoms with Crippen LogP contribution in [0.25, 0.3) is 33.5 Å². The highest BCUT2D eigenvalue weighted by Crippen LogP contribution is 2.28. The molecule has 0 bridgehead atoms. The fourth-order valence-corrected chi connectivity index (χ4v) is 2.76. The van der Waals surface area contributed by atoms with Gasteiger partial charge in [-0.2, -0.15) is 0 Å². The third-order valence-corrected chi connectivity index (χ3v) is 4.02. The number of halogens is 2. The van der Waals surface area contributed by atoms with E-state index in [0.717, 1.165) is 16.6 Å². The van der Waals surface area contributed by atoms with Crippen LogP contribution in [0.5, 0.6) is 0 Å². The zero-order valence-electron chi connectivity index (χ0n) is 12.3. The van der Waals surface area contributed by atoms with Gasteiger partial charge in [-0.05, 0) is 47.5 Å². The van der Waals surface area contributed by atoms with Crippen molar-refractivity contribution in [3.8, 4) is 22.5 Å². The molecule has 2 aromatic heterocycles. The summed E-state index contributed by atoms with van der Waals surface area (Å²) in [5, 5.41) is 0.589. The fourth-order valence-electron chi connectivity index (χ4n) is 2.59. The third kappa shape index (κ3) is 2.59. The minimum absolute atomic E-state index is 0.197. The number of nitrogens with zero attached hydrogens (tertiary/aromatic N) is 1. The van der Waals surface area contributed by atoms with Crippen molar-refractivity contribution in [3.63, 3.8) is 0 Å². The van der Waals surface area contributed by atoms with Crippen LogP contribution in [0.2, 0.25) is 5.02 Å². The van der Waals surface area contributed by atoms with Crippen LogP contribution in [0.15, 0.2) is 59.5 Å². The van der Waals surface area contributed by atoms with Crippen molar-refractivity contribution in [2.24, 2.45) is 0 Å². The molecule has 0 aliphatic rings. The van der Waals surface area contributed by atoms with Gasteiger partial charge >= 0.3 is 0 Å². The summed E-state index contributed by atoms with van der Waals surface area (Å²) in [4.78, 5) is 21.2. The van der Waals surface area contributed by atoms with Gasteiger partial charge in [0.15, 0.2) is 0 Å². The number of hydrogen-bond donors (Lipinski definition) is 2. The van der Waals surface area contributed by atoms with Gasteiger partial charge < -0.3 is 9.97 Å². The lowest BCUT2D eigenvalue weighted by Gasteiger charge is -2.04. The molecule has 0 unspecified atom stereocenters. The van der Waals surface area contributed by atoms with Crippen LogP contribution in [0.1, 0.15) is 0 Å². The summed E-state index contributed by atoms with van der Waals surface area (Å²) >= 11 is 5.96. The number of benzene rings is 2. The number of imidazole rings is 1. The fraction of sp³-hybridized carbons (Fsp3) is 0. The number of fused-ring (bicyclic) bond motifs is 1. The van der Waals surface area contributed by atoms with Crippen molar-refractivity contribution in [2.75, 3.05) is 0 Å². The highest BCUT2D eigenvalue weighted by Gasteiger charge is 2.12. The van der Waals surface area contributed by atoms with Crippen LogP contribution in [0.4, 0.5) is 4.39 Å². The Kier molecular flexibility index (Phi) is 3.43. The molecule has 4 rings (SSSR count). The Hall–Kier alpha value is -2.92. The molecule has 0 spiro atoms. The molecule has 0 aliphatic carbocycles. The number of hydrogen-bond acceptors (Lipinski definition) is 2. The van der Waals surface area contributed by atoms with Crippen molar-refractivity contribution >= 4 is 22.6 Å². The second kappa shape index (κ2) is 5.62. The molecule has 4 aromatic rings. The van der Waals surface area contributed by atoms with E-state index >= 15 is 0 Å². The Morgan fingerprint density at radius 3 is 2.58 bits per heavy atom. The van der Waals surface area contributed by atoms with E-state index in [2.05, 4.69) is 15.0 Å². The summed E-state index contributed by atoms with van der Waals surface area (Å²) < 4.78 is 14.6. The van der Waals surface area contributed by atoms with Gasteiger partial charge in [0.2, 0.25) is 5.56 Å². The predicted octanol–water partition coefficient (Wildman–Crippen LogP) is 4.38. The van der Waals surface area contributed by atoms with Crippen molar-refractivity contribution in [2.45, 2.75) is 0 Å². The van der Waals surface area contributed by atoms with Gasteiger partial charge in [-0.25, -0.2) is 9.37 Å². The number of pyridine rings is 1. The lowest BCUT2D eigenvalue weighted by molar-refractivity contribution is 0.631. The number of rotatable bonds is 2. The first-order valence-electron chi connectivity index (χ1n) is 7.24. The second-order valence-corrected chi connectivity index (χ2v) is 5.82. The summed E-state index contributed by atoms with van der Waals surface area (Å²) in [6.07, 6.45) is 1.56. The topological polar surface area (TPSA) is 61.5 Å². The SMILES string of the molecule is O=c1ccc(-c2ccc(-c3nc4ccc(Cl)cc4[nH]3)c(F)c2)c[nH]1. The molecule has 0 radical (unpaired) electrons. The lowest BCUT2D eigenvalue weighted by atomic mass is 10.0. The Morgan fingerprint density at radius 1 is 1.00 bits per heavy atom. The van der Waals surface area contributed by atoms with E-state index in [1.807, 2.05) is 0 Å². The first kappa shape index (κ1) is 14.7. The molecule has 6 heteroatoms. The molecule has 0 aliphatic heterocycles. The number of aromatic nitrogens is 3. The Labute approximate surface area is 141 Å². The molecular formula is C18H11ClFN3O. The van der Waals surface area contributed by atoms with Gasteiger partial charge in [-0.1, -0.05) is 17.7 Å². The average Bonchev–Trinajstić information content (AvgIpc) is 2.98. The quantitative estimate of drug-likeness (QED) is 0.569. The van der Waals surface area contributed by atoms with Crippen LogP contribution in [0.3, 0.4) is 0 Å². The minimum Gasteiger partial charge on any atom is -0.338 e. The molecule has 2 aromatic carbocycles. The van der Waals surface area contributed by atoms with Crippen molar-refractivity contribution in [3.05, 3.63) is 75.9 Å². The van der Waals surface area contributed by atoms with Crippen molar-refractivity contribution < 1.29 is 4.39 Å². The first-order valence-corrected chi connectivity index (χ1v) is 7.62. The first-order chi connectivity index (χ1) is 11.6. The van der Waals surface area contributed by atoms with Crippen molar-refractivity contribution in [1.82, 2.24) is 15.0 Å². The monoisotopic (exact) mass is 339 g/mol. The van der Waals surface area contributed by atoms with Crippen LogP contribution >= 0.6 is 11.6 Å². The van der Waals surface area contributed by atoms with Gasteiger partial charge in [0.1, 0.15) is 11.6 Å². The normalized spacial score (nSPS) is 11.1. The zero-order chi connectivity index (χ0) is 16.7. The Morgan fingerprint density at radius 2 is 1.83 bits per heavy atom. The second-order valence-electron chi connectivity index (χ2n) is 5.38. The van der Waals surface area contributed by atoms with E-state index < -0.39 is 5.82 Å². The van der Waals surface area contributed by atoms with Crippen molar-refractivity contribution in [1.29, 1.82) is 0 Å². The van der Waals surface area contributed by atoms with Gasteiger partial charge in [-0.15, -0.1) is 0 Å². The zero-order valence-corrected chi connectivity index (χ0v) is 13.1. The number of H-pyrrole nitrogens is 2. The van der Waals surface area contributed by atoms with Crippen LogP contribution in [0, 0.1) is 5.82 Å². The minimum atomic E-state index is -0.399. The van der Waals surface area contributed by atoms with Crippen LogP contribution < -0.4 is 5.56 Å². The van der Waals surface area contributed by atoms with E-state index in [9.17, 15) is 9.18 Å². The highest BCUT2D eigenvalue weighted by atomic mass is 35.5.